The highest BCUT2D eigenvalue weighted by atomic mass is 32.2. The first-order chi connectivity index (χ1) is 17.5. The summed E-state index contributed by atoms with van der Waals surface area (Å²) in [4.78, 5) is 29.2. The Hall–Kier alpha value is -4.27. The van der Waals surface area contributed by atoms with E-state index in [1.165, 1.54) is 13.0 Å². The Bertz CT molecular complexity index is 1510. The number of anilines is 5. The molecule has 1 heterocycles. The van der Waals surface area contributed by atoms with Crippen molar-refractivity contribution in [2.24, 2.45) is 10.2 Å². The standard InChI is InChI=1S/C18H19N9O8S2/c1-8(28)21-11-6-13(26-27-15-16(19)22-18(20)23-17(15)29)14(37(31,32)33)7-12(11)25-24-9-3-2-4-10(5-9)36-35-34-30/h2-7,24-25,30H,1H3,(H,21,28)(H,31,32,33)(H5,19,20,22,23,29)/p-2. The number of hydrogen-bond donors (Lipinski definition) is 6. The van der Waals surface area contributed by atoms with Crippen LogP contribution < -0.4 is 38.5 Å². The zero-order valence-electron chi connectivity index (χ0n) is 18.5. The van der Waals surface area contributed by atoms with E-state index in [1.54, 1.807) is 18.2 Å². The first-order valence-corrected chi connectivity index (χ1v) is 11.9. The molecule has 0 fully saturated rings. The molecule has 0 bridgehead atoms. The van der Waals surface area contributed by atoms with Crippen molar-refractivity contribution in [1.82, 2.24) is 9.97 Å². The minimum Gasteiger partial charge on any atom is -0.744 e. The number of H-pyrrole nitrogens is 1. The number of amides is 1. The molecule has 0 atom stereocenters. The molecule has 1 amide bonds. The van der Waals surface area contributed by atoms with E-state index in [2.05, 4.69) is 45.7 Å². The average molecular weight is 552 g/mol. The minimum atomic E-state index is -5.13. The summed E-state index contributed by atoms with van der Waals surface area (Å²) in [6.07, 6.45) is 0. The van der Waals surface area contributed by atoms with Gasteiger partial charge in [-0.25, -0.2) is 8.42 Å². The van der Waals surface area contributed by atoms with Crippen molar-refractivity contribution in [3.8, 4) is 0 Å². The molecule has 0 saturated heterocycles. The Kier molecular flexibility index (Phi) is 8.60. The van der Waals surface area contributed by atoms with Crippen LogP contribution in [0.2, 0.25) is 0 Å². The fraction of sp³-hybridized carbons (Fsp3) is 0.0556. The predicted octanol–water partition coefficient (Wildman–Crippen LogP) is 0.882. The van der Waals surface area contributed by atoms with E-state index in [0.717, 1.165) is 12.1 Å². The molecule has 8 N–H and O–H groups in total. The summed E-state index contributed by atoms with van der Waals surface area (Å²) in [5.41, 5.74) is 14.9. The highest BCUT2D eigenvalue weighted by Crippen LogP contribution is 2.35. The van der Waals surface area contributed by atoms with Gasteiger partial charge in [0.05, 0.1) is 34.0 Å². The molecular formula is C18H17N9O8S2-2. The van der Waals surface area contributed by atoms with Crippen molar-refractivity contribution in [2.75, 3.05) is 27.6 Å². The first-order valence-electron chi connectivity index (χ1n) is 9.71. The summed E-state index contributed by atoms with van der Waals surface area (Å²) in [5, 5.41) is 23.0. The second kappa shape index (κ2) is 11.6. The molecule has 37 heavy (non-hydrogen) atoms. The molecule has 0 unspecified atom stereocenters. The van der Waals surface area contributed by atoms with E-state index < -0.39 is 43.7 Å². The van der Waals surface area contributed by atoms with E-state index in [-0.39, 0.29) is 17.3 Å². The third kappa shape index (κ3) is 7.36. The van der Waals surface area contributed by atoms with Gasteiger partial charge in [0.1, 0.15) is 15.8 Å². The van der Waals surface area contributed by atoms with E-state index in [4.69, 9.17) is 11.5 Å². The van der Waals surface area contributed by atoms with Crippen LogP contribution in [0.4, 0.5) is 40.2 Å². The Morgan fingerprint density at radius 2 is 1.92 bits per heavy atom. The van der Waals surface area contributed by atoms with Crippen LogP contribution in [0.3, 0.4) is 0 Å². The number of nitrogens with two attached hydrogens (primary N) is 2. The molecule has 0 aliphatic rings. The lowest BCUT2D eigenvalue weighted by atomic mass is 10.2. The van der Waals surface area contributed by atoms with Crippen molar-refractivity contribution in [3.05, 3.63) is 46.8 Å². The van der Waals surface area contributed by atoms with Gasteiger partial charge in [0.25, 0.3) is 5.56 Å². The summed E-state index contributed by atoms with van der Waals surface area (Å²) < 4.78 is 40.2. The molecule has 196 valence electrons. The highest BCUT2D eigenvalue weighted by molar-refractivity contribution is 7.94. The second-order valence-electron chi connectivity index (χ2n) is 6.88. The maximum Gasteiger partial charge on any atom is 0.282 e. The van der Waals surface area contributed by atoms with E-state index in [1.807, 2.05) is 0 Å². The van der Waals surface area contributed by atoms with E-state index in [0.29, 0.717) is 22.6 Å². The minimum absolute atomic E-state index is 0.00715. The molecule has 3 aromatic rings. The van der Waals surface area contributed by atoms with Crippen LogP contribution in [0.5, 0.6) is 0 Å². The highest BCUT2D eigenvalue weighted by Gasteiger charge is 2.17. The summed E-state index contributed by atoms with van der Waals surface area (Å²) in [7, 11) is -5.13. The SMILES string of the molecule is CC(=O)Nc1cc(N=Nc2c(N)nc(N)[nH]c2=O)c(S(=O)(=O)[O-])cc1NNc1cccc(SOO[O-])c1. The van der Waals surface area contributed by atoms with Gasteiger partial charge in [-0.2, -0.15) is 9.32 Å². The lowest BCUT2D eigenvalue weighted by Gasteiger charge is -2.18. The zero-order chi connectivity index (χ0) is 27.2. The maximum absolute atomic E-state index is 12.0. The van der Waals surface area contributed by atoms with Crippen LogP contribution in [-0.4, -0.2) is 28.8 Å². The number of aromatic nitrogens is 2. The molecule has 17 nitrogen and oxygen atoms in total. The average Bonchev–Trinajstić information content (AvgIpc) is 2.80. The van der Waals surface area contributed by atoms with Gasteiger partial charge in [0.15, 0.2) is 11.5 Å². The number of nitrogens with zero attached hydrogens (tertiary/aromatic N) is 3. The van der Waals surface area contributed by atoms with Gasteiger partial charge < -0.3 is 32.0 Å². The number of carbonyl (C=O) groups excluding carboxylic acids is 1. The number of aromatic amines is 1. The fourth-order valence-corrected chi connectivity index (χ4v) is 3.80. The quantitative estimate of drug-likeness (QED) is 0.0671. The van der Waals surface area contributed by atoms with Crippen LogP contribution in [0, 0.1) is 0 Å². The van der Waals surface area contributed by atoms with Crippen molar-refractivity contribution >= 4 is 68.3 Å². The lowest BCUT2D eigenvalue weighted by molar-refractivity contribution is -0.777. The van der Waals surface area contributed by atoms with Gasteiger partial charge in [-0.3, -0.25) is 25.0 Å². The topological polar surface area (TPSA) is 274 Å². The van der Waals surface area contributed by atoms with Crippen LogP contribution in [0.15, 0.2) is 61.2 Å². The molecule has 2 aromatic carbocycles. The molecular weight excluding hydrogens is 534 g/mol. The van der Waals surface area contributed by atoms with Crippen molar-refractivity contribution in [2.45, 2.75) is 16.7 Å². The van der Waals surface area contributed by atoms with Gasteiger partial charge in [-0.1, -0.05) is 6.07 Å². The monoisotopic (exact) mass is 551 g/mol. The van der Waals surface area contributed by atoms with Crippen LogP contribution >= 0.6 is 12.0 Å². The molecule has 0 radical (unpaired) electrons. The normalized spacial score (nSPS) is 11.4. The number of azo groups is 1. The number of rotatable bonds is 10. The number of benzene rings is 2. The van der Waals surface area contributed by atoms with Gasteiger partial charge in [-0.05, 0) is 30.3 Å². The van der Waals surface area contributed by atoms with Crippen molar-refractivity contribution < 1.29 is 32.4 Å². The Morgan fingerprint density at radius 1 is 1.16 bits per heavy atom. The summed E-state index contributed by atoms with van der Waals surface area (Å²) in [5.74, 6) is -1.22. The Morgan fingerprint density at radius 3 is 2.57 bits per heavy atom. The molecule has 0 aliphatic carbocycles. The number of hydrogen-bond acceptors (Lipinski definition) is 16. The first kappa shape index (κ1) is 27.3. The van der Waals surface area contributed by atoms with E-state index >= 15 is 0 Å². The molecule has 3 rings (SSSR count). The molecule has 0 saturated carbocycles. The zero-order valence-corrected chi connectivity index (χ0v) is 20.2. The third-order valence-electron chi connectivity index (χ3n) is 4.21. The Balaban J connectivity index is 2.02. The smallest absolute Gasteiger partial charge is 0.282 e. The summed E-state index contributed by atoms with van der Waals surface area (Å²) >= 11 is 0.634. The van der Waals surface area contributed by atoms with Gasteiger partial charge in [0, 0.05) is 11.8 Å². The number of nitrogen functional groups attached to an aromatic ring is 2. The molecule has 0 aliphatic heterocycles. The van der Waals surface area contributed by atoms with Crippen LogP contribution in [0.25, 0.3) is 0 Å². The van der Waals surface area contributed by atoms with Crippen molar-refractivity contribution in [3.63, 3.8) is 0 Å². The Labute approximate surface area is 212 Å². The number of carbonyl (C=O) groups is 1. The summed E-state index contributed by atoms with van der Waals surface area (Å²) in [6.45, 7) is 1.19. The molecule has 19 heteroatoms. The van der Waals surface area contributed by atoms with Crippen LogP contribution in [0.1, 0.15) is 6.92 Å². The second-order valence-corrected chi connectivity index (χ2v) is 9.01. The van der Waals surface area contributed by atoms with E-state index in [9.17, 15) is 27.8 Å². The van der Waals surface area contributed by atoms with Gasteiger partial charge >= 0.3 is 0 Å². The number of hydrazine groups is 1. The van der Waals surface area contributed by atoms with Gasteiger partial charge in [0.2, 0.25) is 11.9 Å². The summed E-state index contributed by atoms with van der Waals surface area (Å²) in [6, 6.07) is 8.28. The molecule has 1 aromatic heterocycles. The molecule has 0 spiro atoms. The number of nitrogens with one attached hydrogen (secondary N) is 4. The van der Waals surface area contributed by atoms with Crippen molar-refractivity contribution in [1.29, 1.82) is 0 Å². The maximum atomic E-state index is 12.0. The third-order valence-corrected chi connectivity index (χ3v) is 5.65. The largest absolute Gasteiger partial charge is 0.744 e. The van der Waals surface area contributed by atoms with Gasteiger partial charge in [-0.15, -0.1) is 10.2 Å². The fourth-order valence-electron chi connectivity index (χ4n) is 2.76. The van der Waals surface area contributed by atoms with Crippen LogP contribution in [-0.2, 0) is 24.3 Å². The predicted molar refractivity (Wildman–Crippen MR) is 128 cm³/mol. The lowest BCUT2D eigenvalue weighted by Crippen LogP contribution is -2.14.